The maximum Gasteiger partial charge on any atom is 0.391 e. The third kappa shape index (κ3) is 3.88. The first-order valence-corrected chi connectivity index (χ1v) is 5.53. The van der Waals surface area contributed by atoms with Crippen molar-refractivity contribution >= 4 is 5.78 Å². The van der Waals surface area contributed by atoms with Gasteiger partial charge in [0, 0.05) is 12.0 Å². The van der Waals surface area contributed by atoms with E-state index in [1.165, 1.54) is 0 Å². The summed E-state index contributed by atoms with van der Waals surface area (Å²) >= 11 is 0. The molecule has 17 heavy (non-hydrogen) atoms. The molecule has 0 aliphatic carbocycles. The zero-order valence-corrected chi connectivity index (χ0v) is 9.84. The van der Waals surface area contributed by atoms with Crippen LogP contribution in [0, 0.1) is 5.92 Å². The number of ketones is 1. The Morgan fingerprint density at radius 3 is 2.18 bits per heavy atom. The van der Waals surface area contributed by atoms with Gasteiger partial charge in [-0.25, -0.2) is 0 Å². The summed E-state index contributed by atoms with van der Waals surface area (Å²) in [6.45, 7) is 2.91. The van der Waals surface area contributed by atoms with Gasteiger partial charge in [-0.2, -0.15) is 13.2 Å². The molecule has 0 aromatic heterocycles. The second-order valence-corrected chi connectivity index (χ2v) is 4.12. The van der Waals surface area contributed by atoms with Crippen LogP contribution in [0.5, 0.6) is 0 Å². The van der Waals surface area contributed by atoms with Crippen LogP contribution in [-0.4, -0.2) is 12.0 Å². The van der Waals surface area contributed by atoms with E-state index in [4.69, 9.17) is 0 Å². The second kappa shape index (κ2) is 5.34. The van der Waals surface area contributed by atoms with E-state index in [-0.39, 0.29) is 12.2 Å². The molecular weight excluding hydrogens is 229 g/mol. The molecule has 1 atom stereocenters. The molecule has 0 saturated heterocycles. The lowest BCUT2D eigenvalue weighted by Gasteiger charge is -2.15. The predicted octanol–water partition coefficient (Wildman–Crippen LogP) is 4.02. The summed E-state index contributed by atoms with van der Waals surface area (Å²) in [6.07, 6.45) is -3.82. The zero-order chi connectivity index (χ0) is 13.1. The van der Waals surface area contributed by atoms with Crippen LogP contribution in [0.15, 0.2) is 24.3 Å². The Hall–Kier alpha value is -1.32. The number of benzene rings is 1. The molecule has 1 unspecified atom stereocenters. The highest BCUT2D eigenvalue weighted by atomic mass is 19.4. The highest BCUT2D eigenvalue weighted by molar-refractivity contribution is 5.95. The van der Waals surface area contributed by atoms with Crippen LogP contribution < -0.4 is 0 Å². The summed E-state index contributed by atoms with van der Waals surface area (Å²) in [5.41, 5.74) is 1.15. The molecule has 1 rings (SSSR count). The van der Waals surface area contributed by atoms with E-state index in [9.17, 15) is 18.0 Å². The number of hydrogen-bond donors (Lipinski definition) is 0. The number of halogens is 3. The average molecular weight is 244 g/mol. The van der Waals surface area contributed by atoms with Gasteiger partial charge in [0.05, 0.1) is 5.92 Å². The van der Waals surface area contributed by atoms with Crippen molar-refractivity contribution < 1.29 is 18.0 Å². The van der Waals surface area contributed by atoms with Gasteiger partial charge in [0.2, 0.25) is 0 Å². The maximum atomic E-state index is 12.3. The third-order valence-corrected chi connectivity index (χ3v) is 2.70. The first kappa shape index (κ1) is 13.7. The minimum Gasteiger partial charge on any atom is -0.294 e. The van der Waals surface area contributed by atoms with Gasteiger partial charge in [-0.3, -0.25) is 4.79 Å². The van der Waals surface area contributed by atoms with Gasteiger partial charge in [-0.05, 0) is 12.0 Å². The van der Waals surface area contributed by atoms with Crippen molar-refractivity contribution in [3.05, 3.63) is 35.4 Å². The molecule has 94 valence electrons. The smallest absolute Gasteiger partial charge is 0.294 e. The fraction of sp³-hybridized carbons (Fsp3) is 0.462. The van der Waals surface area contributed by atoms with Gasteiger partial charge >= 0.3 is 6.18 Å². The van der Waals surface area contributed by atoms with Gasteiger partial charge in [0.1, 0.15) is 0 Å². The lowest BCUT2D eigenvalue weighted by atomic mass is 9.98. The van der Waals surface area contributed by atoms with Crippen molar-refractivity contribution in [2.45, 2.75) is 32.9 Å². The molecule has 0 saturated carbocycles. The number of rotatable bonds is 4. The minimum absolute atomic E-state index is 0.000389. The maximum absolute atomic E-state index is 12.3. The van der Waals surface area contributed by atoms with E-state index in [0.29, 0.717) is 17.5 Å². The third-order valence-electron chi connectivity index (χ3n) is 2.70. The summed E-state index contributed by atoms with van der Waals surface area (Å²) in [4.78, 5) is 11.3. The highest BCUT2D eigenvalue weighted by Gasteiger charge is 2.35. The number of carbonyl (C=O) groups is 1. The topological polar surface area (TPSA) is 17.1 Å². The molecule has 0 radical (unpaired) electrons. The Labute approximate surface area is 98.6 Å². The van der Waals surface area contributed by atoms with Gasteiger partial charge in [-0.15, -0.1) is 0 Å². The first-order chi connectivity index (χ1) is 7.84. The lowest BCUT2D eigenvalue weighted by molar-refractivity contribution is -0.169. The monoisotopic (exact) mass is 244 g/mol. The van der Waals surface area contributed by atoms with Crippen molar-refractivity contribution in [1.29, 1.82) is 0 Å². The molecular formula is C13H15F3O. The Balaban J connectivity index is 2.72. The normalized spacial score (nSPS) is 13.5. The van der Waals surface area contributed by atoms with E-state index >= 15 is 0 Å². The van der Waals surface area contributed by atoms with Gasteiger partial charge < -0.3 is 0 Å². The quantitative estimate of drug-likeness (QED) is 0.731. The number of Topliss-reactive ketones (excluding diaryl/α,β-unsaturated/α-hetero) is 1. The minimum atomic E-state index is -4.17. The summed E-state index contributed by atoms with van der Waals surface area (Å²) in [6, 6.07) is 6.35. The molecule has 0 heterocycles. The number of carbonyl (C=O) groups excluding carboxylic acids is 1. The molecule has 0 spiro atoms. The molecule has 0 aliphatic rings. The number of hydrogen-bond acceptors (Lipinski definition) is 1. The Kier molecular flexibility index (Phi) is 4.32. The molecule has 1 aromatic carbocycles. The highest BCUT2D eigenvalue weighted by Crippen LogP contribution is 2.28. The summed E-state index contributed by atoms with van der Waals surface area (Å²) in [5.74, 6) is -1.37. The lowest BCUT2D eigenvalue weighted by Crippen LogP contribution is -2.21. The van der Waals surface area contributed by atoms with Crippen molar-refractivity contribution in [2.24, 2.45) is 5.92 Å². The van der Waals surface area contributed by atoms with E-state index < -0.39 is 12.1 Å². The fourth-order valence-corrected chi connectivity index (χ4v) is 1.50. The zero-order valence-electron chi connectivity index (χ0n) is 9.84. The summed E-state index contributed by atoms with van der Waals surface area (Å²) < 4.78 is 37.0. The molecule has 0 bridgehead atoms. The van der Waals surface area contributed by atoms with Gasteiger partial charge in [0.25, 0.3) is 0 Å². The SMILES string of the molecule is CCC(=O)c1ccc(CC(C)C(F)(F)F)cc1. The fourth-order valence-electron chi connectivity index (χ4n) is 1.50. The number of alkyl halides is 3. The Morgan fingerprint density at radius 2 is 1.76 bits per heavy atom. The van der Waals surface area contributed by atoms with Crippen LogP contribution in [0.4, 0.5) is 13.2 Å². The summed E-state index contributed by atoms with van der Waals surface area (Å²) in [5, 5.41) is 0. The largest absolute Gasteiger partial charge is 0.391 e. The van der Waals surface area contributed by atoms with Gasteiger partial charge in [0.15, 0.2) is 5.78 Å². The molecule has 0 amide bonds. The Bertz CT molecular complexity index is 379. The van der Waals surface area contributed by atoms with Crippen molar-refractivity contribution in [3.63, 3.8) is 0 Å². The molecule has 0 aliphatic heterocycles. The summed E-state index contributed by atoms with van der Waals surface area (Å²) in [7, 11) is 0. The first-order valence-electron chi connectivity index (χ1n) is 5.53. The second-order valence-electron chi connectivity index (χ2n) is 4.12. The van der Waals surface area contributed by atoms with Gasteiger partial charge in [-0.1, -0.05) is 38.1 Å². The molecule has 1 aromatic rings. The van der Waals surface area contributed by atoms with E-state index in [1.54, 1.807) is 31.2 Å². The molecule has 0 fully saturated rings. The molecule has 4 heteroatoms. The van der Waals surface area contributed by atoms with E-state index in [2.05, 4.69) is 0 Å². The van der Waals surface area contributed by atoms with E-state index in [0.717, 1.165) is 6.92 Å². The molecule has 1 nitrogen and oxygen atoms in total. The predicted molar refractivity (Wildman–Crippen MR) is 60.0 cm³/mol. The average Bonchev–Trinajstić information content (AvgIpc) is 2.27. The van der Waals surface area contributed by atoms with Crippen LogP contribution in [0.3, 0.4) is 0 Å². The Morgan fingerprint density at radius 1 is 1.24 bits per heavy atom. The van der Waals surface area contributed by atoms with Crippen molar-refractivity contribution in [2.75, 3.05) is 0 Å². The van der Waals surface area contributed by atoms with Crippen molar-refractivity contribution in [1.82, 2.24) is 0 Å². The van der Waals surface area contributed by atoms with Crippen LogP contribution in [-0.2, 0) is 6.42 Å². The van der Waals surface area contributed by atoms with E-state index in [1.807, 2.05) is 0 Å². The van der Waals surface area contributed by atoms with Crippen LogP contribution in [0.25, 0.3) is 0 Å². The molecule has 0 N–H and O–H groups in total. The van der Waals surface area contributed by atoms with Crippen LogP contribution >= 0.6 is 0 Å². The standard InChI is InChI=1S/C13H15F3O/c1-3-12(17)11-6-4-10(5-7-11)8-9(2)13(14,15)16/h4-7,9H,3,8H2,1-2H3. The van der Waals surface area contributed by atoms with Crippen molar-refractivity contribution in [3.8, 4) is 0 Å². The van der Waals surface area contributed by atoms with Crippen LogP contribution in [0.2, 0.25) is 0 Å². The van der Waals surface area contributed by atoms with Crippen LogP contribution in [0.1, 0.15) is 36.2 Å².